The number of para-hydroxylation sites is 1. The molecule has 0 radical (unpaired) electrons. The van der Waals surface area contributed by atoms with Crippen molar-refractivity contribution >= 4 is 10.9 Å². The topological polar surface area (TPSA) is 15.8 Å². The number of hydrogen-bond acceptors (Lipinski definition) is 0. The van der Waals surface area contributed by atoms with Gasteiger partial charge in [-0.25, -0.2) is 0 Å². The quantitative estimate of drug-likeness (QED) is 0.607. The molecule has 1 heteroatoms. The second-order valence-electron chi connectivity index (χ2n) is 8.90. The molecule has 0 saturated heterocycles. The van der Waals surface area contributed by atoms with Gasteiger partial charge in [0.15, 0.2) is 0 Å². The Bertz CT molecular complexity index is 769. The van der Waals surface area contributed by atoms with Gasteiger partial charge in [-0.3, -0.25) is 0 Å². The molecule has 1 aromatic carbocycles. The van der Waals surface area contributed by atoms with Crippen LogP contribution in [0.5, 0.6) is 0 Å². The molecule has 2 aliphatic rings. The third kappa shape index (κ3) is 2.13. The van der Waals surface area contributed by atoms with Crippen molar-refractivity contribution in [2.75, 3.05) is 0 Å². The molecule has 2 fully saturated rings. The van der Waals surface area contributed by atoms with Gasteiger partial charge in [-0.05, 0) is 60.0 Å². The Morgan fingerprint density at radius 2 is 1.96 bits per heavy atom. The highest BCUT2D eigenvalue weighted by Crippen LogP contribution is 2.64. The molecule has 128 valence electrons. The van der Waals surface area contributed by atoms with Crippen molar-refractivity contribution in [1.82, 2.24) is 4.98 Å². The number of aromatic nitrogens is 1. The van der Waals surface area contributed by atoms with Crippen molar-refractivity contribution in [2.24, 2.45) is 22.7 Å². The Hall–Kier alpha value is -1.50. The standard InChI is InChI=1S/C23H31N/c1-16-11-13-22(3)17(2)8-7-12-23(22,4)20(16)14-18-15-24-21-10-6-5-9-19(18)21/h5-6,9-10,15,17,20,24H,1,7-8,11-14H2,2-4H3/t17-,20-,22+,23+/m0/s1. The number of nitrogens with one attached hydrogen (secondary N) is 1. The molecule has 0 bridgehead atoms. The second-order valence-corrected chi connectivity index (χ2v) is 8.90. The molecule has 24 heavy (non-hydrogen) atoms. The molecular formula is C23H31N. The van der Waals surface area contributed by atoms with Gasteiger partial charge in [0.25, 0.3) is 0 Å². The van der Waals surface area contributed by atoms with Crippen molar-refractivity contribution in [3.63, 3.8) is 0 Å². The van der Waals surface area contributed by atoms with Crippen LogP contribution in [0.3, 0.4) is 0 Å². The van der Waals surface area contributed by atoms with Crippen molar-refractivity contribution < 1.29 is 0 Å². The van der Waals surface area contributed by atoms with Crippen LogP contribution in [0.1, 0.15) is 58.4 Å². The van der Waals surface area contributed by atoms with Crippen LogP contribution >= 0.6 is 0 Å². The molecule has 2 aliphatic carbocycles. The first-order valence-corrected chi connectivity index (χ1v) is 9.68. The summed E-state index contributed by atoms with van der Waals surface area (Å²) in [7, 11) is 0. The number of aromatic amines is 1. The van der Waals surface area contributed by atoms with Gasteiger partial charge < -0.3 is 4.98 Å². The maximum atomic E-state index is 4.54. The van der Waals surface area contributed by atoms with Gasteiger partial charge in [0.05, 0.1) is 0 Å². The van der Waals surface area contributed by atoms with Crippen molar-refractivity contribution in [1.29, 1.82) is 0 Å². The third-order valence-electron chi connectivity index (χ3n) is 8.05. The van der Waals surface area contributed by atoms with Gasteiger partial charge in [0.2, 0.25) is 0 Å². The number of allylic oxidation sites excluding steroid dienone is 1. The molecule has 0 unspecified atom stereocenters. The monoisotopic (exact) mass is 321 g/mol. The minimum absolute atomic E-state index is 0.387. The molecule has 1 aromatic heterocycles. The van der Waals surface area contributed by atoms with Gasteiger partial charge in [0, 0.05) is 17.1 Å². The molecular weight excluding hydrogens is 290 g/mol. The zero-order valence-electron chi connectivity index (χ0n) is 15.5. The first kappa shape index (κ1) is 16.0. The summed E-state index contributed by atoms with van der Waals surface area (Å²) >= 11 is 0. The number of hydrogen-bond donors (Lipinski definition) is 1. The molecule has 4 atom stereocenters. The smallest absolute Gasteiger partial charge is 0.0456 e. The zero-order valence-corrected chi connectivity index (χ0v) is 15.5. The number of fused-ring (bicyclic) bond motifs is 2. The predicted octanol–water partition coefficient (Wildman–Crippen LogP) is 6.51. The molecule has 4 rings (SSSR count). The normalized spacial score (nSPS) is 36.7. The van der Waals surface area contributed by atoms with E-state index in [0.717, 1.165) is 12.3 Å². The van der Waals surface area contributed by atoms with Crippen LogP contribution in [0.4, 0.5) is 0 Å². The van der Waals surface area contributed by atoms with E-state index in [1.54, 1.807) is 0 Å². The summed E-state index contributed by atoms with van der Waals surface area (Å²) in [6.07, 6.45) is 10.1. The second kappa shape index (κ2) is 5.51. The van der Waals surface area contributed by atoms with Gasteiger partial charge >= 0.3 is 0 Å². The lowest BCUT2D eigenvalue weighted by Crippen LogP contribution is -2.53. The molecule has 2 saturated carbocycles. The first-order valence-electron chi connectivity index (χ1n) is 9.68. The van der Waals surface area contributed by atoms with Crippen molar-refractivity contribution in [3.8, 4) is 0 Å². The molecule has 1 N–H and O–H groups in total. The van der Waals surface area contributed by atoms with E-state index in [2.05, 4.69) is 62.8 Å². The lowest BCUT2D eigenvalue weighted by atomic mass is 9.43. The fraction of sp³-hybridized carbons (Fsp3) is 0.565. The minimum Gasteiger partial charge on any atom is -0.361 e. The average molecular weight is 322 g/mol. The highest BCUT2D eigenvalue weighted by Gasteiger charge is 2.56. The fourth-order valence-electron chi connectivity index (χ4n) is 5.98. The Balaban J connectivity index is 1.73. The Kier molecular flexibility index (Phi) is 3.67. The third-order valence-corrected chi connectivity index (χ3v) is 8.05. The van der Waals surface area contributed by atoms with E-state index in [9.17, 15) is 0 Å². The van der Waals surface area contributed by atoms with Crippen LogP contribution < -0.4 is 0 Å². The number of H-pyrrole nitrogens is 1. The van der Waals surface area contributed by atoms with Gasteiger partial charge in [0.1, 0.15) is 0 Å². The number of rotatable bonds is 2. The predicted molar refractivity (Wildman–Crippen MR) is 103 cm³/mol. The van der Waals surface area contributed by atoms with E-state index in [-0.39, 0.29) is 0 Å². The summed E-state index contributed by atoms with van der Waals surface area (Å²) in [6.45, 7) is 12.2. The van der Waals surface area contributed by atoms with E-state index in [1.807, 2.05) is 0 Å². The summed E-state index contributed by atoms with van der Waals surface area (Å²) in [4.78, 5) is 3.47. The van der Waals surface area contributed by atoms with Gasteiger partial charge in [-0.2, -0.15) is 0 Å². The summed E-state index contributed by atoms with van der Waals surface area (Å²) in [5, 5.41) is 1.39. The lowest BCUT2D eigenvalue weighted by molar-refractivity contribution is -0.0875. The fourth-order valence-corrected chi connectivity index (χ4v) is 5.98. The van der Waals surface area contributed by atoms with Crippen molar-refractivity contribution in [3.05, 3.63) is 48.2 Å². The first-order chi connectivity index (χ1) is 11.5. The molecule has 0 spiro atoms. The van der Waals surface area contributed by atoms with Gasteiger partial charge in [-0.15, -0.1) is 0 Å². The average Bonchev–Trinajstić information content (AvgIpc) is 2.98. The summed E-state index contributed by atoms with van der Waals surface area (Å²) in [5.41, 5.74) is 5.08. The largest absolute Gasteiger partial charge is 0.361 e. The molecule has 2 aromatic rings. The van der Waals surface area contributed by atoms with E-state index >= 15 is 0 Å². The molecule has 1 nitrogen and oxygen atoms in total. The SMILES string of the molecule is C=C1CC[C@]2(C)[C@@H](C)CCC[C@]2(C)[C@H]1Cc1c[nH]c2ccccc12. The summed E-state index contributed by atoms with van der Waals surface area (Å²) in [5.74, 6) is 1.44. The highest BCUT2D eigenvalue weighted by molar-refractivity contribution is 5.83. The summed E-state index contributed by atoms with van der Waals surface area (Å²) < 4.78 is 0. The Morgan fingerprint density at radius 3 is 2.79 bits per heavy atom. The van der Waals surface area contributed by atoms with Crippen LogP contribution in [0.15, 0.2) is 42.6 Å². The van der Waals surface area contributed by atoms with Crippen LogP contribution in [-0.2, 0) is 6.42 Å². The van der Waals surface area contributed by atoms with Crippen LogP contribution in [0.2, 0.25) is 0 Å². The molecule has 1 heterocycles. The van der Waals surface area contributed by atoms with Crippen molar-refractivity contribution in [2.45, 2.75) is 59.3 Å². The maximum absolute atomic E-state index is 4.54. The van der Waals surface area contributed by atoms with E-state index < -0.39 is 0 Å². The zero-order chi connectivity index (χ0) is 16.9. The minimum atomic E-state index is 0.387. The Labute approximate surface area is 146 Å². The summed E-state index contributed by atoms with van der Waals surface area (Å²) in [6, 6.07) is 8.72. The lowest BCUT2D eigenvalue weighted by Gasteiger charge is -2.61. The maximum Gasteiger partial charge on any atom is 0.0456 e. The van der Waals surface area contributed by atoms with E-state index in [0.29, 0.717) is 16.7 Å². The van der Waals surface area contributed by atoms with Crippen LogP contribution in [0, 0.1) is 22.7 Å². The highest BCUT2D eigenvalue weighted by atomic mass is 14.7. The van der Waals surface area contributed by atoms with E-state index in [4.69, 9.17) is 0 Å². The molecule has 0 amide bonds. The van der Waals surface area contributed by atoms with Crippen LogP contribution in [0.25, 0.3) is 10.9 Å². The van der Waals surface area contributed by atoms with Crippen LogP contribution in [-0.4, -0.2) is 4.98 Å². The van der Waals surface area contributed by atoms with Gasteiger partial charge in [-0.1, -0.05) is 64.0 Å². The Morgan fingerprint density at radius 1 is 1.17 bits per heavy atom. The number of benzene rings is 1. The molecule has 0 aliphatic heterocycles. The van der Waals surface area contributed by atoms with E-state index in [1.165, 1.54) is 54.1 Å².